The zero-order chi connectivity index (χ0) is 14.4. The molecule has 1 aliphatic rings. The van der Waals surface area contributed by atoms with E-state index in [0.717, 1.165) is 42.9 Å². The molecular formula is C15H26N4S. The minimum Gasteiger partial charge on any atom is -0.370 e. The van der Waals surface area contributed by atoms with E-state index in [9.17, 15) is 0 Å². The fraction of sp³-hybridized carbons (Fsp3) is 0.733. The van der Waals surface area contributed by atoms with Crippen LogP contribution < -0.4 is 10.6 Å². The summed E-state index contributed by atoms with van der Waals surface area (Å²) in [6.07, 6.45) is 2.42. The highest BCUT2D eigenvalue weighted by atomic mass is 32.2. The van der Waals surface area contributed by atoms with Crippen molar-refractivity contribution >= 4 is 23.4 Å². The van der Waals surface area contributed by atoms with Crippen LogP contribution in [0.1, 0.15) is 45.4 Å². The number of nitrogens with zero attached hydrogens (tertiary/aromatic N) is 2. The molecule has 0 saturated carbocycles. The van der Waals surface area contributed by atoms with Crippen molar-refractivity contribution in [3.05, 3.63) is 11.9 Å². The number of nitrogens with one attached hydrogen (secondary N) is 2. The van der Waals surface area contributed by atoms with Gasteiger partial charge in [0.1, 0.15) is 17.5 Å². The summed E-state index contributed by atoms with van der Waals surface area (Å²) in [7, 11) is 0. The van der Waals surface area contributed by atoms with Crippen LogP contribution in [0.25, 0.3) is 0 Å². The van der Waals surface area contributed by atoms with Crippen molar-refractivity contribution in [1.29, 1.82) is 0 Å². The van der Waals surface area contributed by atoms with E-state index in [0.29, 0.717) is 5.92 Å². The van der Waals surface area contributed by atoms with Gasteiger partial charge in [0.25, 0.3) is 0 Å². The number of hydrogen-bond acceptors (Lipinski definition) is 5. The van der Waals surface area contributed by atoms with Crippen molar-refractivity contribution in [2.75, 3.05) is 35.2 Å². The van der Waals surface area contributed by atoms with Gasteiger partial charge in [0.15, 0.2) is 0 Å². The zero-order valence-corrected chi connectivity index (χ0v) is 13.6. The summed E-state index contributed by atoms with van der Waals surface area (Å²) in [5.41, 5.74) is 0. The average Bonchev–Trinajstić information content (AvgIpc) is 2.96. The van der Waals surface area contributed by atoms with Gasteiger partial charge in [-0.3, -0.25) is 0 Å². The summed E-state index contributed by atoms with van der Waals surface area (Å²) in [4.78, 5) is 9.22. The van der Waals surface area contributed by atoms with Gasteiger partial charge in [0, 0.05) is 25.1 Å². The average molecular weight is 294 g/mol. The van der Waals surface area contributed by atoms with Crippen LogP contribution in [0.15, 0.2) is 6.07 Å². The molecule has 1 atom stereocenters. The van der Waals surface area contributed by atoms with Gasteiger partial charge >= 0.3 is 0 Å². The van der Waals surface area contributed by atoms with E-state index in [1.54, 1.807) is 0 Å². The van der Waals surface area contributed by atoms with Crippen molar-refractivity contribution in [3.63, 3.8) is 0 Å². The first kappa shape index (κ1) is 15.4. The van der Waals surface area contributed by atoms with Crippen LogP contribution in [-0.4, -0.2) is 34.6 Å². The van der Waals surface area contributed by atoms with Crippen molar-refractivity contribution in [2.45, 2.75) is 39.5 Å². The van der Waals surface area contributed by atoms with Crippen LogP contribution in [0.5, 0.6) is 0 Å². The van der Waals surface area contributed by atoms with E-state index in [1.165, 1.54) is 17.9 Å². The summed E-state index contributed by atoms with van der Waals surface area (Å²) < 4.78 is 0. The molecule has 0 radical (unpaired) electrons. The highest BCUT2D eigenvalue weighted by Gasteiger charge is 2.15. The minimum atomic E-state index is 0.348. The third-order valence-corrected chi connectivity index (χ3v) is 4.64. The van der Waals surface area contributed by atoms with E-state index >= 15 is 0 Å². The second kappa shape index (κ2) is 7.72. The van der Waals surface area contributed by atoms with Gasteiger partial charge in [-0.05, 0) is 30.3 Å². The first-order chi connectivity index (χ1) is 9.69. The Morgan fingerprint density at radius 2 is 2.05 bits per heavy atom. The van der Waals surface area contributed by atoms with Gasteiger partial charge < -0.3 is 10.6 Å². The van der Waals surface area contributed by atoms with Crippen LogP contribution in [0.2, 0.25) is 0 Å². The van der Waals surface area contributed by atoms with Crippen molar-refractivity contribution in [2.24, 2.45) is 5.92 Å². The van der Waals surface area contributed by atoms with Gasteiger partial charge in [-0.2, -0.15) is 11.8 Å². The molecule has 1 fully saturated rings. The van der Waals surface area contributed by atoms with E-state index in [-0.39, 0.29) is 0 Å². The first-order valence-electron chi connectivity index (χ1n) is 7.63. The maximum atomic E-state index is 4.63. The monoisotopic (exact) mass is 294 g/mol. The molecule has 1 aliphatic heterocycles. The number of anilines is 2. The molecule has 112 valence electrons. The number of aromatic nitrogens is 2. The van der Waals surface area contributed by atoms with Gasteiger partial charge in [0.05, 0.1) is 0 Å². The Labute approximate surface area is 126 Å². The molecule has 20 heavy (non-hydrogen) atoms. The molecule has 1 aromatic rings. The van der Waals surface area contributed by atoms with Gasteiger partial charge in [-0.15, -0.1) is 0 Å². The topological polar surface area (TPSA) is 49.8 Å². The van der Waals surface area contributed by atoms with E-state index < -0.39 is 0 Å². The van der Waals surface area contributed by atoms with Gasteiger partial charge in [-0.25, -0.2) is 9.97 Å². The lowest BCUT2D eigenvalue weighted by atomic mass is 10.1. The number of rotatable bonds is 7. The SMILES string of the molecule is CCCNc1cc(NCC2CCSC2)nc(C(C)C)n1. The Bertz CT molecular complexity index is 416. The molecule has 1 saturated heterocycles. The molecule has 2 N–H and O–H groups in total. The first-order valence-corrected chi connectivity index (χ1v) is 8.79. The summed E-state index contributed by atoms with van der Waals surface area (Å²) >= 11 is 2.05. The van der Waals surface area contributed by atoms with Crippen LogP contribution >= 0.6 is 11.8 Å². The van der Waals surface area contributed by atoms with Crippen LogP contribution in [-0.2, 0) is 0 Å². The Morgan fingerprint density at radius 1 is 1.30 bits per heavy atom. The summed E-state index contributed by atoms with van der Waals surface area (Å²) in [5, 5.41) is 6.86. The predicted octanol–water partition coefficient (Wildman–Crippen LogP) is 3.59. The van der Waals surface area contributed by atoms with E-state index in [1.807, 2.05) is 6.07 Å². The summed E-state index contributed by atoms with van der Waals surface area (Å²) in [6, 6.07) is 2.03. The third kappa shape index (κ3) is 4.54. The van der Waals surface area contributed by atoms with Crippen molar-refractivity contribution < 1.29 is 0 Å². The van der Waals surface area contributed by atoms with Crippen LogP contribution in [0.3, 0.4) is 0 Å². The molecule has 4 nitrogen and oxygen atoms in total. The molecule has 2 rings (SSSR count). The number of thioether (sulfide) groups is 1. The van der Waals surface area contributed by atoms with Crippen LogP contribution in [0.4, 0.5) is 11.6 Å². The lowest BCUT2D eigenvalue weighted by Gasteiger charge is -2.14. The second-order valence-corrected chi connectivity index (χ2v) is 6.84. The maximum Gasteiger partial charge on any atom is 0.135 e. The molecule has 0 aromatic carbocycles. The Kier molecular flexibility index (Phi) is 5.95. The minimum absolute atomic E-state index is 0.348. The zero-order valence-electron chi connectivity index (χ0n) is 12.8. The van der Waals surface area contributed by atoms with Gasteiger partial charge in [-0.1, -0.05) is 20.8 Å². The summed E-state index contributed by atoms with van der Waals surface area (Å²) in [6.45, 7) is 8.41. The highest BCUT2D eigenvalue weighted by molar-refractivity contribution is 7.99. The summed E-state index contributed by atoms with van der Waals surface area (Å²) in [5.74, 6) is 6.51. The third-order valence-electron chi connectivity index (χ3n) is 3.41. The molecular weight excluding hydrogens is 268 g/mol. The van der Waals surface area contributed by atoms with Crippen LogP contribution in [0, 0.1) is 5.92 Å². The van der Waals surface area contributed by atoms with E-state index in [2.05, 4.69) is 53.1 Å². The Balaban J connectivity index is 2.02. The van der Waals surface area contributed by atoms with Gasteiger partial charge in [0.2, 0.25) is 0 Å². The Morgan fingerprint density at radius 3 is 2.65 bits per heavy atom. The second-order valence-electron chi connectivity index (χ2n) is 5.69. The molecule has 0 amide bonds. The molecule has 0 bridgehead atoms. The standard InChI is InChI=1S/C15H26N4S/c1-4-6-16-13-8-14(19-15(18-13)11(2)3)17-9-12-5-7-20-10-12/h8,11-12H,4-7,9-10H2,1-3H3,(H2,16,17,18,19). The largest absolute Gasteiger partial charge is 0.370 e. The molecule has 1 aromatic heterocycles. The highest BCUT2D eigenvalue weighted by Crippen LogP contribution is 2.24. The van der Waals surface area contributed by atoms with Crippen molar-refractivity contribution in [3.8, 4) is 0 Å². The molecule has 1 unspecified atom stereocenters. The lowest BCUT2D eigenvalue weighted by Crippen LogP contribution is -2.16. The normalized spacial score (nSPS) is 18.5. The molecule has 2 heterocycles. The van der Waals surface area contributed by atoms with Crippen molar-refractivity contribution in [1.82, 2.24) is 9.97 Å². The fourth-order valence-electron chi connectivity index (χ4n) is 2.15. The Hall–Kier alpha value is -0.970. The smallest absolute Gasteiger partial charge is 0.135 e. The molecule has 0 aliphatic carbocycles. The lowest BCUT2D eigenvalue weighted by molar-refractivity contribution is 0.629. The maximum absolute atomic E-state index is 4.63. The van der Waals surface area contributed by atoms with E-state index in [4.69, 9.17) is 0 Å². The number of hydrogen-bond donors (Lipinski definition) is 2. The molecule has 0 spiro atoms. The fourth-order valence-corrected chi connectivity index (χ4v) is 3.44. The predicted molar refractivity (Wildman–Crippen MR) is 88.8 cm³/mol. The molecule has 5 heteroatoms. The quantitative estimate of drug-likeness (QED) is 0.805.